The fourth-order valence-electron chi connectivity index (χ4n) is 1.15. The Kier molecular flexibility index (Phi) is 3.63. The van der Waals surface area contributed by atoms with Gasteiger partial charge in [-0.25, -0.2) is 4.79 Å². The molecule has 3 nitrogen and oxygen atoms in total. The van der Waals surface area contributed by atoms with E-state index in [1.165, 1.54) is 11.3 Å². The van der Waals surface area contributed by atoms with Gasteiger partial charge in [-0.2, -0.15) is 0 Å². The minimum atomic E-state index is -0.948. The summed E-state index contributed by atoms with van der Waals surface area (Å²) in [7, 11) is 0. The molecule has 2 heterocycles. The highest BCUT2D eigenvalue weighted by molar-refractivity contribution is 9.11. The molecule has 0 aromatic carbocycles. The Labute approximate surface area is 108 Å². The van der Waals surface area contributed by atoms with Gasteiger partial charge in [-0.3, -0.25) is 0 Å². The number of carboxylic acid groups (broad SMARTS) is 1. The predicted octanol–water partition coefficient (Wildman–Crippen LogP) is 3.85. The van der Waals surface area contributed by atoms with Gasteiger partial charge in [0.25, 0.3) is 0 Å². The van der Waals surface area contributed by atoms with Gasteiger partial charge in [-0.05, 0) is 38.8 Å². The quantitative estimate of drug-likeness (QED) is 0.931. The zero-order chi connectivity index (χ0) is 11.5. The van der Waals surface area contributed by atoms with E-state index < -0.39 is 5.97 Å². The van der Waals surface area contributed by atoms with E-state index >= 15 is 0 Å². The average molecular weight is 319 g/mol. The van der Waals surface area contributed by atoms with Crippen LogP contribution < -0.4 is 4.74 Å². The first-order valence-corrected chi connectivity index (χ1v) is 6.88. The number of hydrogen-bond donors (Lipinski definition) is 1. The minimum absolute atomic E-state index is 0.245. The van der Waals surface area contributed by atoms with Crippen molar-refractivity contribution >= 4 is 44.6 Å². The van der Waals surface area contributed by atoms with Crippen molar-refractivity contribution in [3.05, 3.63) is 37.1 Å². The smallest absolute Gasteiger partial charge is 0.349 e. The van der Waals surface area contributed by atoms with Gasteiger partial charge in [-0.15, -0.1) is 22.7 Å². The average Bonchev–Trinajstić information content (AvgIpc) is 2.83. The summed E-state index contributed by atoms with van der Waals surface area (Å²) in [5, 5.41) is 12.6. The van der Waals surface area contributed by atoms with Crippen LogP contribution in [0.4, 0.5) is 0 Å². The van der Waals surface area contributed by atoms with Crippen molar-refractivity contribution < 1.29 is 14.6 Å². The lowest BCUT2D eigenvalue weighted by Gasteiger charge is -2.03. The molecule has 0 atom stereocenters. The summed E-state index contributed by atoms with van der Waals surface area (Å²) in [5.74, 6) is -0.517. The topological polar surface area (TPSA) is 46.5 Å². The van der Waals surface area contributed by atoms with E-state index in [0.29, 0.717) is 12.4 Å². The third kappa shape index (κ3) is 2.63. The van der Waals surface area contributed by atoms with Crippen LogP contribution in [0.25, 0.3) is 0 Å². The Balaban J connectivity index is 2.04. The Bertz CT molecular complexity index is 504. The molecule has 0 spiro atoms. The molecule has 1 N–H and O–H groups in total. The molecule has 0 radical (unpaired) electrons. The van der Waals surface area contributed by atoms with Gasteiger partial charge in [-0.1, -0.05) is 0 Å². The molecule has 16 heavy (non-hydrogen) atoms. The molecule has 0 bridgehead atoms. The third-order valence-electron chi connectivity index (χ3n) is 1.84. The van der Waals surface area contributed by atoms with Gasteiger partial charge >= 0.3 is 5.97 Å². The molecule has 0 aliphatic carbocycles. The van der Waals surface area contributed by atoms with E-state index in [2.05, 4.69) is 15.9 Å². The molecular weight excluding hydrogens is 312 g/mol. The molecule has 0 saturated heterocycles. The Hall–Kier alpha value is -0.850. The van der Waals surface area contributed by atoms with Crippen LogP contribution in [0.2, 0.25) is 0 Å². The fraction of sp³-hybridized carbons (Fsp3) is 0.100. The van der Waals surface area contributed by atoms with E-state index in [-0.39, 0.29) is 4.88 Å². The SMILES string of the molecule is O=C(O)c1sccc1OCc1csc(Br)c1. The monoisotopic (exact) mass is 318 g/mol. The number of halogens is 1. The Morgan fingerprint density at radius 2 is 2.31 bits per heavy atom. The second-order valence-corrected chi connectivity index (χ2v) is 6.17. The van der Waals surface area contributed by atoms with Crippen molar-refractivity contribution in [2.45, 2.75) is 6.61 Å². The molecule has 84 valence electrons. The maximum absolute atomic E-state index is 10.8. The molecule has 2 rings (SSSR count). The maximum Gasteiger partial charge on any atom is 0.349 e. The normalized spacial score (nSPS) is 10.3. The van der Waals surface area contributed by atoms with Gasteiger partial charge in [0.15, 0.2) is 4.88 Å². The molecule has 2 aromatic heterocycles. The van der Waals surface area contributed by atoms with Gasteiger partial charge < -0.3 is 9.84 Å². The van der Waals surface area contributed by atoms with Crippen LogP contribution in [0.5, 0.6) is 5.75 Å². The number of carbonyl (C=O) groups is 1. The van der Waals surface area contributed by atoms with Gasteiger partial charge in [0.2, 0.25) is 0 Å². The molecule has 0 fully saturated rings. The standard InChI is InChI=1S/C10H7BrO3S2/c11-8-3-6(5-16-8)4-14-7-1-2-15-9(7)10(12)13/h1-3,5H,4H2,(H,12,13). The molecular formula is C10H7BrO3S2. The largest absolute Gasteiger partial charge is 0.487 e. The number of carboxylic acids is 1. The van der Waals surface area contributed by atoms with E-state index in [9.17, 15) is 4.79 Å². The second-order valence-electron chi connectivity index (χ2n) is 2.97. The van der Waals surface area contributed by atoms with Crippen molar-refractivity contribution in [3.8, 4) is 5.75 Å². The van der Waals surface area contributed by atoms with Crippen LogP contribution in [-0.2, 0) is 6.61 Å². The highest BCUT2D eigenvalue weighted by Gasteiger charge is 2.12. The maximum atomic E-state index is 10.8. The summed E-state index contributed by atoms with van der Waals surface area (Å²) in [4.78, 5) is 11.1. The summed E-state index contributed by atoms with van der Waals surface area (Å²) in [6.45, 7) is 0.388. The summed E-state index contributed by atoms with van der Waals surface area (Å²) >= 11 is 6.10. The van der Waals surface area contributed by atoms with Gasteiger partial charge in [0, 0.05) is 5.56 Å². The lowest BCUT2D eigenvalue weighted by molar-refractivity contribution is 0.0697. The van der Waals surface area contributed by atoms with Crippen molar-refractivity contribution in [2.24, 2.45) is 0 Å². The molecule has 0 aliphatic heterocycles. The summed E-state index contributed by atoms with van der Waals surface area (Å²) in [6.07, 6.45) is 0. The van der Waals surface area contributed by atoms with Crippen molar-refractivity contribution in [3.63, 3.8) is 0 Å². The molecule has 0 saturated carbocycles. The molecule has 0 aliphatic rings. The van der Waals surface area contributed by atoms with E-state index in [0.717, 1.165) is 9.35 Å². The number of ether oxygens (including phenoxy) is 1. The van der Waals surface area contributed by atoms with E-state index in [4.69, 9.17) is 9.84 Å². The van der Waals surface area contributed by atoms with Crippen molar-refractivity contribution in [1.82, 2.24) is 0 Å². The first-order chi connectivity index (χ1) is 7.66. The van der Waals surface area contributed by atoms with Crippen LogP contribution in [0.3, 0.4) is 0 Å². The molecule has 6 heteroatoms. The van der Waals surface area contributed by atoms with Gasteiger partial charge in [0.05, 0.1) is 3.79 Å². The number of thiophene rings is 2. The van der Waals surface area contributed by atoms with Gasteiger partial charge in [0.1, 0.15) is 12.4 Å². The van der Waals surface area contributed by atoms with Crippen LogP contribution in [-0.4, -0.2) is 11.1 Å². The summed E-state index contributed by atoms with van der Waals surface area (Å²) < 4.78 is 6.49. The number of rotatable bonds is 4. The van der Waals surface area contributed by atoms with Crippen LogP contribution >= 0.6 is 38.6 Å². The van der Waals surface area contributed by atoms with Crippen LogP contribution in [0.1, 0.15) is 15.2 Å². The van der Waals surface area contributed by atoms with Crippen LogP contribution in [0.15, 0.2) is 26.7 Å². The third-order valence-corrected chi connectivity index (χ3v) is 4.28. The number of hydrogen-bond acceptors (Lipinski definition) is 4. The zero-order valence-corrected chi connectivity index (χ0v) is 11.2. The Morgan fingerprint density at radius 3 is 2.94 bits per heavy atom. The first-order valence-electron chi connectivity index (χ1n) is 4.33. The minimum Gasteiger partial charge on any atom is -0.487 e. The lowest BCUT2D eigenvalue weighted by Crippen LogP contribution is -1.99. The summed E-state index contributed by atoms with van der Waals surface area (Å²) in [6, 6.07) is 3.63. The van der Waals surface area contributed by atoms with E-state index in [1.54, 1.807) is 22.8 Å². The van der Waals surface area contributed by atoms with Crippen molar-refractivity contribution in [1.29, 1.82) is 0 Å². The van der Waals surface area contributed by atoms with Crippen molar-refractivity contribution in [2.75, 3.05) is 0 Å². The Morgan fingerprint density at radius 1 is 1.50 bits per heavy atom. The van der Waals surface area contributed by atoms with E-state index in [1.807, 2.05) is 11.4 Å². The fourth-order valence-corrected chi connectivity index (χ4v) is 3.02. The molecule has 0 amide bonds. The zero-order valence-electron chi connectivity index (χ0n) is 7.97. The lowest BCUT2D eigenvalue weighted by atomic mass is 10.3. The number of aromatic carboxylic acids is 1. The molecule has 2 aromatic rings. The highest BCUT2D eigenvalue weighted by atomic mass is 79.9. The second kappa shape index (κ2) is 4.99. The predicted molar refractivity (Wildman–Crippen MR) is 67.6 cm³/mol. The highest BCUT2D eigenvalue weighted by Crippen LogP contribution is 2.27. The summed E-state index contributed by atoms with van der Waals surface area (Å²) in [5.41, 5.74) is 1.03. The van der Waals surface area contributed by atoms with Crippen LogP contribution in [0, 0.1) is 0 Å². The molecule has 0 unspecified atom stereocenters. The first kappa shape index (κ1) is 11.6.